The van der Waals surface area contributed by atoms with Gasteiger partial charge in [0.1, 0.15) is 0 Å². The molecule has 3 N–H and O–H groups in total. The van der Waals surface area contributed by atoms with Crippen LogP contribution in [0.3, 0.4) is 0 Å². The highest BCUT2D eigenvalue weighted by molar-refractivity contribution is 5.76. The molecule has 1 amide bonds. The molecule has 0 saturated heterocycles. The second-order valence-electron chi connectivity index (χ2n) is 17.9. The van der Waals surface area contributed by atoms with E-state index in [-0.39, 0.29) is 18.5 Å². The van der Waals surface area contributed by atoms with E-state index in [0.717, 1.165) is 70.6 Å². The Morgan fingerprint density at radius 1 is 0.467 bits per heavy atom. The molecule has 60 heavy (non-hydrogen) atoms. The van der Waals surface area contributed by atoms with Crippen LogP contribution in [0.1, 0.15) is 271 Å². The molecule has 352 valence electrons. The maximum absolute atomic E-state index is 12.4. The van der Waals surface area contributed by atoms with Crippen molar-refractivity contribution >= 4 is 11.9 Å². The maximum atomic E-state index is 12.4. The summed E-state index contributed by atoms with van der Waals surface area (Å²) in [5, 5.41) is 23.1. The lowest BCUT2D eigenvalue weighted by molar-refractivity contribution is -0.143. The van der Waals surface area contributed by atoms with E-state index >= 15 is 0 Å². The average molecular weight is 844 g/mol. The summed E-state index contributed by atoms with van der Waals surface area (Å²) in [5.41, 5.74) is 0. The van der Waals surface area contributed by atoms with Crippen molar-refractivity contribution in [1.82, 2.24) is 5.32 Å². The molecule has 0 aliphatic carbocycles. The summed E-state index contributed by atoms with van der Waals surface area (Å²) >= 11 is 0. The molecule has 6 heteroatoms. The van der Waals surface area contributed by atoms with Gasteiger partial charge in [0.05, 0.1) is 25.4 Å². The molecule has 0 radical (unpaired) electrons. The zero-order valence-corrected chi connectivity index (χ0v) is 39.9. The van der Waals surface area contributed by atoms with E-state index in [9.17, 15) is 19.8 Å². The van der Waals surface area contributed by atoms with Gasteiger partial charge in [0.2, 0.25) is 5.91 Å². The Morgan fingerprint density at radius 2 is 0.850 bits per heavy atom. The third-order valence-corrected chi connectivity index (χ3v) is 11.9. The van der Waals surface area contributed by atoms with E-state index in [1.165, 1.54) is 173 Å². The number of aliphatic hydroxyl groups excluding tert-OH is 2. The number of allylic oxidation sites excluding steroid dienone is 5. The Hall–Kier alpha value is -1.92. The van der Waals surface area contributed by atoms with Crippen LogP contribution in [0.2, 0.25) is 0 Å². The number of hydrogen-bond acceptors (Lipinski definition) is 5. The Balaban J connectivity index is 3.53. The normalized spacial score (nSPS) is 12.9. The minimum Gasteiger partial charge on any atom is -0.466 e. The van der Waals surface area contributed by atoms with Crippen LogP contribution in [0.15, 0.2) is 36.5 Å². The van der Waals surface area contributed by atoms with E-state index in [1.807, 2.05) is 6.08 Å². The molecular formula is C54H101NO5. The zero-order chi connectivity index (χ0) is 43.7. The van der Waals surface area contributed by atoms with Crippen molar-refractivity contribution < 1.29 is 24.5 Å². The smallest absolute Gasteiger partial charge is 0.305 e. The molecule has 0 aliphatic heterocycles. The Labute approximate surface area is 373 Å². The van der Waals surface area contributed by atoms with Gasteiger partial charge in [0.15, 0.2) is 0 Å². The standard InChI is InChI=1S/C54H101NO5/c1-3-5-7-9-11-13-15-17-19-20-21-22-23-26-30-34-38-42-46-52(57)51(50-56)55-53(58)47-43-39-35-31-27-25-29-33-37-41-45-49-60-54(59)48-44-40-36-32-28-24-18-16-14-12-10-8-6-4-2/h10,12,16,18,42,46,51-52,56-57H,3-9,11,13-15,17,19-41,43-45,47-50H2,1-2H3,(H,55,58)/b12-10-,18-16-,46-42+. The molecule has 0 bridgehead atoms. The Kier molecular flexibility index (Phi) is 48.1. The lowest BCUT2D eigenvalue weighted by atomic mass is 10.0. The first-order chi connectivity index (χ1) is 29.5. The summed E-state index contributed by atoms with van der Waals surface area (Å²) in [7, 11) is 0. The number of unbranched alkanes of at least 4 members (excludes halogenated alkanes) is 33. The second-order valence-corrected chi connectivity index (χ2v) is 17.9. The molecule has 0 rings (SSSR count). The molecule has 0 aromatic carbocycles. The van der Waals surface area contributed by atoms with Crippen LogP contribution >= 0.6 is 0 Å². The highest BCUT2D eigenvalue weighted by Gasteiger charge is 2.18. The van der Waals surface area contributed by atoms with Gasteiger partial charge < -0.3 is 20.3 Å². The number of rotatable bonds is 48. The number of carbonyl (C=O) groups excluding carboxylic acids is 2. The fraction of sp³-hybridized carbons (Fsp3) is 0.852. The molecule has 0 saturated carbocycles. The fourth-order valence-corrected chi connectivity index (χ4v) is 7.83. The zero-order valence-electron chi connectivity index (χ0n) is 39.9. The average Bonchev–Trinajstić information content (AvgIpc) is 3.25. The summed E-state index contributed by atoms with van der Waals surface area (Å²) in [4.78, 5) is 24.5. The van der Waals surface area contributed by atoms with Crippen LogP contribution in [0.4, 0.5) is 0 Å². The number of nitrogens with one attached hydrogen (secondary N) is 1. The molecule has 0 fully saturated rings. The highest BCUT2D eigenvalue weighted by atomic mass is 16.5. The van der Waals surface area contributed by atoms with E-state index < -0.39 is 12.1 Å². The van der Waals surface area contributed by atoms with Gasteiger partial charge in [0.25, 0.3) is 0 Å². The van der Waals surface area contributed by atoms with Gasteiger partial charge in [-0.25, -0.2) is 0 Å². The van der Waals surface area contributed by atoms with E-state index in [2.05, 4.69) is 43.5 Å². The molecule has 2 atom stereocenters. The lowest BCUT2D eigenvalue weighted by Crippen LogP contribution is -2.45. The predicted molar refractivity (Wildman–Crippen MR) is 259 cm³/mol. The minimum absolute atomic E-state index is 0.0303. The van der Waals surface area contributed by atoms with Crippen molar-refractivity contribution in [3.63, 3.8) is 0 Å². The molecule has 6 nitrogen and oxygen atoms in total. The molecule has 0 aromatic heterocycles. The Bertz CT molecular complexity index is 977. The summed E-state index contributed by atoms with van der Waals surface area (Å²) in [6.07, 6.45) is 59.9. The van der Waals surface area contributed by atoms with Gasteiger partial charge in [0, 0.05) is 12.8 Å². The van der Waals surface area contributed by atoms with Gasteiger partial charge >= 0.3 is 5.97 Å². The van der Waals surface area contributed by atoms with E-state index in [0.29, 0.717) is 19.4 Å². The summed E-state index contributed by atoms with van der Waals surface area (Å²) < 4.78 is 5.45. The van der Waals surface area contributed by atoms with Gasteiger partial charge in [-0.3, -0.25) is 9.59 Å². The van der Waals surface area contributed by atoms with Crippen molar-refractivity contribution in [2.24, 2.45) is 0 Å². The first-order valence-corrected chi connectivity index (χ1v) is 26.3. The number of ether oxygens (including phenoxy) is 1. The predicted octanol–water partition coefficient (Wildman–Crippen LogP) is 15.7. The molecule has 2 unspecified atom stereocenters. The lowest BCUT2D eigenvalue weighted by Gasteiger charge is -2.20. The van der Waals surface area contributed by atoms with Gasteiger partial charge in [-0.15, -0.1) is 0 Å². The Morgan fingerprint density at radius 3 is 1.32 bits per heavy atom. The fourth-order valence-electron chi connectivity index (χ4n) is 7.83. The summed E-state index contributed by atoms with van der Waals surface area (Å²) in [6.45, 7) is 4.81. The minimum atomic E-state index is -0.858. The van der Waals surface area contributed by atoms with Crippen molar-refractivity contribution in [2.45, 2.75) is 283 Å². The van der Waals surface area contributed by atoms with Crippen molar-refractivity contribution in [2.75, 3.05) is 13.2 Å². The van der Waals surface area contributed by atoms with Crippen molar-refractivity contribution in [1.29, 1.82) is 0 Å². The van der Waals surface area contributed by atoms with Gasteiger partial charge in [-0.05, 0) is 57.8 Å². The molecule has 0 spiro atoms. The van der Waals surface area contributed by atoms with Crippen LogP contribution in [0.5, 0.6) is 0 Å². The number of esters is 1. The molecule has 0 aromatic rings. The molecule has 0 heterocycles. The third kappa shape index (κ3) is 45.6. The monoisotopic (exact) mass is 844 g/mol. The largest absolute Gasteiger partial charge is 0.466 e. The summed E-state index contributed by atoms with van der Waals surface area (Å²) in [6, 6.07) is -0.643. The van der Waals surface area contributed by atoms with Crippen LogP contribution in [-0.4, -0.2) is 47.4 Å². The topological polar surface area (TPSA) is 95.9 Å². The number of aliphatic hydroxyl groups is 2. The third-order valence-electron chi connectivity index (χ3n) is 11.9. The second kappa shape index (κ2) is 49.7. The van der Waals surface area contributed by atoms with Crippen molar-refractivity contribution in [3.8, 4) is 0 Å². The van der Waals surface area contributed by atoms with Crippen LogP contribution < -0.4 is 5.32 Å². The first kappa shape index (κ1) is 58.1. The van der Waals surface area contributed by atoms with Crippen LogP contribution in [0, 0.1) is 0 Å². The van der Waals surface area contributed by atoms with E-state index in [1.54, 1.807) is 6.08 Å². The van der Waals surface area contributed by atoms with Crippen LogP contribution in [0.25, 0.3) is 0 Å². The quantitative estimate of drug-likeness (QED) is 0.0322. The first-order valence-electron chi connectivity index (χ1n) is 26.3. The number of carbonyl (C=O) groups is 2. The van der Waals surface area contributed by atoms with Crippen molar-refractivity contribution in [3.05, 3.63) is 36.5 Å². The molecular weight excluding hydrogens is 743 g/mol. The summed E-state index contributed by atoms with van der Waals surface area (Å²) in [5.74, 6) is -0.117. The van der Waals surface area contributed by atoms with Crippen LogP contribution in [-0.2, 0) is 14.3 Å². The highest BCUT2D eigenvalue weighted by Crippen LogP contribution is 2.16. The molecule has 0 aliphatic rings. The van der Waals surface area contributed by atoms with E-state index in [4.69, 9.17) is 4.74 Å². The van der Waals surface area contributed by atoms with Gasteiger partial charge in [-0.1, -0.05) is 237 Å². The van der Waals surface area contributed by atoms with Gasteiger partial charge in [-0.2, -0.15) is 0 Å². The number of hydrogen-bond donors (Lipinski definition) is 3. The maximum Gasteiger partial charge on any atom is 0.305 e. The number of amides is 1. The SMILES string of the molecule is CCCC/C=C\C/C=C\CCCCCCCC(=O)OCCCCCCCCCCCCCC(=O)NC(CO)C(O)/C=C/CCCCCCCCCCCCCCCCCC.